The zero-order valence-corrected chi connectivity index (χ0v) is 10.4. The number of hydrogen-bond donors (Lipinski definition) is 0. The molecule has 0 bridgehead atoms. The Labute approximate surface area is 98.8 Å². The highest BCUT2D eigenvalue weighted by molar-refractivity contribution is 9.09. The molecule has 14 heavy (non-hydrogen) atoms. The van der Waals surface area contributed by atoms with Gasteiger partial charge in [0.25, 0.3) is 0 Å². The van der Waals surface area contributed by atoms with Crippen LogP contribution in [0.2, 0.25) is 5.02 Å². The summed E-state index contributed by atoms with van der Waals surface area (Å²) in [5, 5.41) is 1.97. The highest BCUT2D eigenvalue weighted by Crippen LogP contribution is 2.39. The van der Waals surface area contributed by atoms with Gasteiger partial charge in [-0.1, -0.05) is 39.7 Å². The van der Waals surface area contributed by atoms with Crippen LogP contribution in [0.5, 0.6) is 0 Å². The van der Waals surface area contributed by atoms with Crippen molar-refractivity contribution >= 4 is 27.5 Å². The van der Waals surface area contributed by atoms with Crippen molar-refractivity contribution in [2.75, 3.05) is 5.33 Å². The lowest BCUT2D eigenvalue weighted by molar-refractivity contribution is 0.519. The van der Waals surface area contributed by atoms with Gasteiger partial charge in [0.05, 0.1) is 0 Å². The average Bonchev–Trinajstić information content (AvgIpc) is 2.97. The van der Waals surface area contributed by atoms with Gasteiger partial charge in [0.1, 0.15) is 0 Å². The summed E-state index contributed by atoms with van der Waals surface area (Å²) in [4.78, 5) is 0. The van der Waals surface area contributed by atoms with E-state index in [0.29, 0.717) is 0 Å². The number of alkyl halides is 1. The smallest absolute Gasteiger partial charge is 0.0408 e. The first-order valence-corrected chi connectivity index (χ1v) is 6.60. The molecule has 0 aliphatic heterocycles. The second-order valence-corrected chi connectivity index (χ2v) is 5.17. The van der Waals surface area contributed by atoms with Gasteiger partial charge in [0.15, 0.2) is 0 Å². The lowest BCUT2D eigenvalue weighted by Crippen LogP contribution is -2.08. The van der Waals surface area contributed by atoms with E-state index in [2.05, 4.69) is 28.1 Å². The molecule has 0 spiro atoms. The summed E-state index contributed by atoms with van der Waals surface area (Å²) in [5.74, 6) is 1.75. The molecule has 1 fully saturated rings. The highest BCUT2D eigenvalue weighted by Gasteiger charge is 2.30. The Hall–Kier alpha value is -0.0100. The number of rotatable bonds is 4. The Bertz CT molecular complexity index is 307. The van der Waals surface area contributed by atoms with Crippen molar-refractivity contribution in [3.8, 4) is 0 Å². The Kier molecular flexibility index (Phi) is 3.51. The standard InChI is InChI=1S/C12H14BrCl/c13-8-11(10-4-5-10)6-9-2-1-3-12(14)7-9/h1-3,7,10-11H,4-6,8H2. The Morgan fingerprint density at radius 2 is 2.21 bits per heavy atom. The van der Waals surface area contributed by atoms with Crippen LogP contribution in [-0.2, 0) is 6.42 Å². The van der Waals surface area contributed by atoms with Crippen LogP contribution in [0.4, 0.5) is 0 Å². The quantitative estimate of drug-likeness (QED) is 0.717. The topological polar surface area (TPSA) is 0 Å². The Balaban J connectivity index is 2.01. The average molecular weight is 274 g/mol. The first-order valence-electron chi connectivity index (χ1n) is 5.10. The van der Waals surface area contributed by atoms with Crippen LogP contribution >= 0.6 is 27.5 Å². The molecule has 2 rings (SSSR count). The first kappa shape index (κ1) is 10.5. The predicted molar refractivity (Wildman–Crippen MR) is 65.2 cm³/mol. The molecule has 0 saturated heterocycles. The summed E-state index contributed by atoms with van der Waals surface area (Å²) < 4.78 is 0. The van der Waals surface area contributed by atoms with Gasteiger partial charge in [-0.05, 0) is 48.8 Å². The van der Waals surface area contributed by atoms with E-state index in [4.69, 9.17) is 11.6 Å². The predicted octanol–water partition coefficient (Wildman–Crippen LogP) is 4.30. The molecule has 0 aromatic heterocycles. The minimum atomic E-state index is 0.800. The third kappa shape index (κ3) is 2.74. The molecule has 1 saturated carbocycles. The van der Waals surface area contributed by atoms with Gasteiger partial charge in [-0.3, -0.25) is 0 Å². The van der Waals surface area contributed by atoms with Crippen molar-refractivity contribution in [2.24, 2.45) is 11.8 Å². The second kappa shape index (κ2) is 4.67. The maximum Gasteiger partial charge on any atom is 0.0408 e. The molecule has 1 aliphatic carbocycles. The van der Waals surface area contributed by atoms with E-state index < -0.39 is 0 Å². The zero-order chi connectivity index (χ0) is 9.97. The van der Waals surface area contributed by atoms with E-state index in [0.717, 1.165) is 28.6 Å². The van der Waals surface area contributed by atoms with Gasteiger partial charge in [0.2, 0.25) is 0 Å². The minimum Gasteiger partial charge on any atom is -0.0925 e. The van der Waals surface area contributed by atoms with Crippen molar-refractivity contribution in [3.63, 3.8) is 0 Å². The lowest BCUT2D eigenvalue weighted by atomic mass is 9.97. The summed E-state index contributed by atoms with van der Waals surface area (Å²) in [6.07, 6.45) is 3.99. The third-order valence-corrected chi connectivity index (χ3v) is 3.94. The molecule has 0 nitrogen and oxygen atoms in total. The van der Waals surface area contributed by atoms with E-state index in [1.54, 1.807) is 0 Å². The molecule has 76 valence electrons. The molecule has 1 unspecified atom stereocenters. The van der Waals surface area contributed by atoms with E-state index in [-0.39, 0.29) is 0 Å². The summed E-state index contributed by atoms with van der Waals surface area (Å²) >= 11 is 9.55. The van der Waals surface area contributed by atoms with Crippen LogP contribution in [0, 0.1) is 11.8 Å². The molecule has 0 heterocycles. The molecular weight excluding hydrogens is 259 g/mol. The molecule has 1 aromatic carbocycles. The van der Waals surface area contributed by atoms with Gasteiger partial charge >= 0.3 is 0 Å². The summed E-state index contributed by atoms with van der Waals surface area (Å²) in [5.41, 5.74) is 1.37. The van der Waals surface area contributed by atoms with Crippen LogP contribution in [0.25, 0.3) is 0 Å². The molecular formula is C12H14BrCl. The fourth-order valence-electron chi connectivity index (χ4n) is 1.88. The fraction of sp³-hybridized carbons (Fsp3) is 0.500. The molecule has 0 amide bonds. The molecule has 2 heteroatoms. The normalized spacial score (nSPS) is 18.1. The van der Waals surface area contributed by atoms with Gasteiger partial charge in [-0.15, -0.1) is 0 Å². The first-order chi connectivity index (χ1) is 6.79. The SMILES string of the molecule is Clc1cccc(CC(CBr)C2CC2)c1. The van der Waals surface area contributed by atoms with Crippen molar-refractivity contribution in [2.45, 2.75) is 19.3 Å². The van der Waals surface area contributed by atoms with E-state index in [1.807, 2.05) is 12.1 Å². The monoisotopic (exact) mass is 272 g/mol. The van der Waals surface area contributed by atoms with Gasteiger partial charge in [-0.25, -0.2) is 0 Å². The maximum atomic E-state index is 5.95. The van der Waals surface area contributed by atoms with Crippen molar-refractivity contribution in [1.82, 2.24) is 0 Å². The summed E-state index contributed by atoms with van der Waals surface area (Å²) in [7, 11) is 0. The molecule has 1 aliphatic rings. The summed E-state index contributed by atoms with van der Waals surface area (Å²) in [6, 6.07) is 8.23. The van der Waals surface area contributed by atoms with Crippen LogP contribution < -0.4 is 0 Å². The van der Waals surface area contributed by atoms with Gasteiger partial charge < -0.3 is 0 Å². The minimum absolute atomic E-state index is 0.800. The zero-order valence-electron chi connectivity index (χ0n) is 8.05. The van der Waals surface area contributed by atoms with Gasteiger partial charge in [-0.2, -0.15) is 0 Å². The van der Waals surface area contributed by atoms with Crippen molar-refractivity contribution < 1.29 is 0 Å². The largest absolute Gasteiger partial charge is 0.0925 e. The number of hydrogen-bond acceptors (Lipinski definition) is 0. The lowest BCUT2D eigenvalue weighted by Gasteiger charge is -2.12. The summed E-state index contributed by atoms with van der Waals surface area (Å²) in [6.45, 7) is 0. The van der Waals surface area contributed by atoms with E-state index in [9.17, 15) is 0 Å². The van der Waals surface area contributed by atoms with Crippen molar-refractivity contribution in [3.05, 3.63) is 34.9 Å². The molecule has 0 radical (unpaired) electrons. The number of benzene rings is 1. The molecule has 1 aromatic rings. The number of halogens is 2. The Morgan fingerprint density at radius 1 is 1.43 bits per heavy atom. The maximum absolute atomic E-state index is 5.95. The van der Waals surface area contributed by atoms with Crippen LogP contribution in [0.3, 0.4) is 0 Å². The van der Waals surface area contributed by atoms with Crippen LogP contribution in [0.1, 0.15) is 18.4 Å². The highest BCUT2D eigenvalue weighted by atomic mass is 79.9. The second-order valence-electron chi connectivity index (χ2n) is 4.09. The van der Waals surface area contributed by atoms with Crippen LogP contribution in [0.15, 0.2) is 24.3 Å². The van der Waals surface area contributed by atoms with Crippen LogP contribution in [-0.4, -0.2) is 5.33 Å². The van der Waals surface area contributed by atoms with E-state index >= 15 is 0 Å². The van der Waals surface area contributed by atoms with E-state index in [1.165, 1.54) is 18.4 Å². The Morgan fingerprint density at radius 3 is 2.79 bits per heavy atom. The van der Waals surface area contributed by atoms with Gasteiger partial charge in [0, 0.05) is 10.4 Å². The molecule has 1 atom stereocenters. The van der Waals surface area contributed by atoms with Crippen molar-refractivity contribution in [1.29, 1.82) is 0 Å². The molecule has 0 N–H and O–H groups in total. The third-order valence-electron chi connectivity index (χ3n) is 2.87. The fourth-order valence-corrected chi connectivity index (χ4v) is 2.85.